The number of aliphatic hydroxyl groups is 4. The molecular formula is C42H52N6O6S2+2. The molecule has 4 atom stereocenters. The van der Waals surface area contributed by atoms with Crippen molar-refractivity contribution < 1.29 is 39.6 Å². The van der Waals surface area contributed by atoms with Crippen molar-refractivity contribution in [1.29, 1.82) is 0 Å². The summed E-state index contributed by atoms with van der Waals surface area (Å²) in [6.07, 6.45) is 14.1. The molecule has 0 saturated carbocycles. The number of nitrogens with zero attached hydrogens (tertiary/aromatic N) is 3. The van der Waals surface area contributed by atoms with Crippen molar-refractivity contribution in [2.24, 2.45) is 0 Å². The van der Waals surface area contributed by atoms with Crippen molar-refractivity contribution in [1.82, 2.24) is 10.6 Å². The number of β-amino-alcohol motifs (C(OH)–C–C–N with tert-alkyl or cyclic N) is 4. The first kappa shape index (κ1) is 42.4. The first-order valence-electron chi connectivity index (χ1n) is 18.6. The van der Waals surface area contributed by atoms with Gasteiger partial charge in [0.05, 0.1) is 24.4 Å². The molecule has 7 N–H and O–H groups in total. The number of aromatic nitrogens is 1. The minimum absolute atomic E-state index is 0.0575. The predicted octanol–water partition coefficient (Wildman–Crippen LogP) is 0.819. The number of anilines is 2. The second kappa shape index (κ2) is 22.1. The number of pyridine rings is 1. The lowest BCUT2D eigenvalue weighted by molar-refractivity contribution is -0.684. The van der Waals surface area contributed by atoms with Gasteiger partial charge in [0, 0.05) is 80.4 Å². The number of amides is 2. The topological polar surface area (TPSA) is 163 Å². The van der Waals surface area contributed by atoms with Gasteiger partial charge in [-0.1, -0.05) is 82.8 Å². The van der Waals surface area contributed by atoms with E-state index in [1.54, 1.807) is 33.9 Å². The number of rotatable bonds is 19. The minimum Gasteiger partial charge on any atom is -0.389 e. The molecule has 0 bridgehead atoms. The molecule has 3 heterocycles. The zero-order chi connectivity index (χ0) is 39.7. The summed E-state index contributed by atoms with van der Waals surface area (Å²) in [4.78, 5) is 31.6. The fraction of sp³-hybridized carbons (Fsp3) is 0.333. The summed E-state index contributed by atoms with van der Waals surface area (Å²) in [7, 11) is 3.30. The Morgan fingerprint density at radius 1 is 0.714 bits per heavy atom. The molecule has 14 heteroatoms. The van der Waals surface area contributed by atoms with Crippen LogP contribution < -0.4 is 30.0 Å². The van der Waals surface area contributed by atoms with Crippen LogP contribution in [0.4, 0.5) is 11.4 Å². The van der Waals surface area contributed by atoms with Crippen molar-refractivity contribution in [3.63, 3.8) is 0 Å². The van der Waals surface area contributed by atoms with Gasteiger partial charge in [-0.05, 0) is 46.5 Å². The molecular weight excluding hydrogens is 749 g/mol. The highest BCUT2D eigenvalue weighted by Gasteiger charge is 2.30. The fourth-order valence-electron chi connectivity index (χ4n) is 5.99. The number of carbonyl (C=O) groups is 2. The summed E-state index contributed by atoms with van der Waals surface area (Å²) in [5, 5.41) is 45.0. The zero-order valence-electron chi connectivity index (χ0n) is 31.3. The van der Waals surface area contributed by atoms with Crippen LogP contribution in [0.2, 0.25) is 0 Å². The maximum absolute atomic E-state index is 12.4. The Balaban J connectivity index is 0.884. The molecule has 296 valence electrons. The predicted molar refractivity (Wildman–Crippen MR) is 227 cm³/mol. The van der Waals surface area contributed by atoms with Gasteiger partial charge in [-0.2, -0.15) is 4.57 Å². The highest BCUT2D eigenvalue weighted by atomic mass is 33.1. The molecule has 5 rings (SSSR count). The van der Waals surface area contributed by atoms with E-state index in [1.807, 2.05) is 118 Å². The number of allylic oxidation sites excluding steroid dienone is 4. The van der Waals surface area contributed by atoms with E-state index in [9.17, 15) is 30.0 Å². The molecule has 2 aromatic carbocycles. The first-order valence-corrected chi connectivity index (χ1v) is 21.1. The summed E-state index contributed by atoms with van der Waals surface area (Å²) in [6, 6.07) is 19.8. The summed E-state index contributed by atoms with van der Waals surface area (Å²) in [5.74, 6) is 1.35. The van der Waals surface area contributed by atoms with Gasteiger partial charge in [-0.3, -0.25) is 9.59 Å². The summed E-state index contributed by atoms with van der Waals surface area (Å²) in [5.41, 5.74) is 5.85. The van der Waals surface area contributed by atoms with Crippen LogP contribution in [0.1, 0.15) is 16.7 Å². The van der Waals surface area contributed by atoms with Crippen LogP contribution in [0.15, 0.2) is 103 Å². The molecule has 3 aromatic rings. The Hall–Kier alpha value is -4.70. The van der Waals surface area contributed by atoms with E-state index >= 15 is 0 Å². The Labute approximate surface area is 336 Å². The highest BCUT2D eigenvalue weighted by molar-refractivity contribution is 8.76. The average Bonchev–Trinajstić information content (AvgIpc) is 3.73. The third kappa shape index (κ3) is 13.8. The lowest BCUT2D eigenvalue weighted by Crippen LogP contribution is -2.72. The Morgan fingerprint density at radius 2 is 1.18 bits per heavy atom. The van der Waals surface area contributed by atoms with Crippen LogP contribution >= 0.6 is 21.6 Å². The SMILES string of the molecule is C=CC(/C=C/c1ccc(N2CC(O)C(O)C2)cc1)=C\C=[NH+]CC(=O)NCCSSCCNC(=O)C[n+]1ccc(/C=C/c2ccc(N3CC(O)C(O)C3)cc2)cc1. The molecule has 1 aromatic heterocycles. The number of nitrogens with one attached hydrogen (secondary N) is 3. The van der Waals surface area contributed by atoms with Crippen LogP contribution in [0, 0.1) is 0 Å². The lowest BCUT2D eigenvalue weighted by atomic mass is 10.1. The number of hydrogen-bond acceptors (Lipinski definition) is 10. The quantitative estimate of drug-likeness (QED) is 0.0304. The fourth-order valence-corrected chi connectivity index (χ4v) is 7.80. The molecule has 0 spiro atoms. The van der Waals surface area contributed by atoms with Crippen LogP contribution in [-0.4, -0.2) is 120 Å². The molecule has 2 saturated heterocycles. The van der Waals surface area contributed by atoms with Crippen molar-refractivity contribution in [3.05, 3.63) is 120 Å². The van der Waals surface area contributed by atoms with Gasteiger partial charge < -0.3 is 40.9 Å². The molecule has 4 unspecified atom stereocenters. The monoisotopic (exact) mass is 800 g/mol. The van der Waals surface area contributed by atoms with E-state index in [0.717, 1.165) is 45.1 Å². The van der Waals surface area contributed by atoms with Crippen molar-refractivity contribution in [3.8, 4) is 0 Å². The first-order chi connectivity index (χ1) is 27.2. The molecule has 0 aliphatic carbocycles. The number of aliphatic hydroxyl groups excluding tert-OH is 4. The van der Waals surface area contributed by atoms with Crippen LogP contribution in [0.3, 0.4) is 0 Å². The highest BCUT2D eigenvalue weighted by Crippen LogP contribution is 2.23. The molecule has 2 aliphatic heterocycles. The maximum Gasteiger partial charge on any atom is 0.286 e. The largest absolute Gasteiger partial charge is 0.389 e. The third-order valence-corrected chi connectivity index (χ3v) is 11.6. The van der Waals surface area contributed by atoms with E-state index in [-0.39, 0.29) is 24.9 Å². The van der Waals surface area contributed by atoms with Crippen LogP contribution in [-0.2, 0) is 16.1 Å². The number of hydrogen-bond donors (Lipinski definition) is 7. The average molecular weight is 801 g/mol. The number of carbonyl (C=O) groups excluding carboxylic acids is 2. The van der Waals surface area contributed by atoms with E-state index in [0.29, 0.717) is 39.3 Å². The van der Waals surface area contributed by atoms with Gasteiger partial charge in [0.25, 0.3) is 11.8 Å². The minimum atomic E-state index is -0.722. The van der Waals surface area contributed by atoms with E-state index in [4.69, 9.17) is 0 Å². The third-order valence-electron chi connectivity index (χ3n) is 9.20. The van der Waals surface area contributed by atoms with Crippen molar-refractivity contribution in [2.45, 2.75) is 31.0 Å². The molecule has 12 nitrogen and oxygen atoms in total. The second-order valence-electron chi connectivity index (χ2n) is 13.5. The Bertz CT molecular complexity index is 1830. The molecule has 2 fully saturated rings. The van der Waals surface area contributed by atoms with Gasteiger partial charge >= 0.3 is 0 Å². The summed E-state index contributed by atoms with van der Waals surface area (Å²) >= 11 is 0. The van der Waals surface area contributed by atoms with Crippen molar-refractivity contribution >= 4 is 69.2 Å². The van der Waals surface area contributed by atoms with E-state index < -0.39 is 24.4 Å². The molecule has 2 aliphatic rings. The maximum atomic E-state index is 12.4. The second-order valence-corrected chi connectivity index (χ2v) is 16.2. The molecule has 2 amide bonds. The Kier molecular flexibility index (Phi) is 16.8. The van der Waals surface area contributed by atoms with Gasteiger partial charge in [0.2, 0.25) is 13.1 Å². The smallest absolute Gasteiger partial charge is 0.286 e. The lowest BCUT2D eigenvalue weighted by Gasteiger charge is -2.17. The van der Waals surface area contributed by atoms with E-state index in [1.165, 1.54) is 0 Å². The van der Waals surface area contributed by atoms with Crippen LogP contribution in [0.25, 0.3) is 18.2 Å². The van der Waals surface area contributed by atoms with Gasteiger partial charge in [-0.15, -0.1) is 0 Å². The van der Waals surface area contributed by atoms with Gasteiger partial charge in [-0.25, -0.2) is 4.99 Å². The standard InChI is InChI=1S/C42H50N6O6S2/c1-2-31(3-4-32-7-11-35(12-8-32)47-26-37(49)38(50)27-47)15-18-43-25-41(53)44-19-23-55-56-24-20-45-42(54)30-46-21-16-34(17-22-46)6-5-33-9-13-36(14-10-33)48-28-39(51)40(52)29-48/h2-18,21-22,37-40,49-52H,1,19-20,23-30H2,(H-,44,45,53,54)/p+2/b4-3+,31-15+,43-18?. The molecule has 56 heavy (non-hydrogen) atoms. The van der Waals surface area contributed by atoms with Gasteiger partial charge in [0.1, 0.15) is 0 Å². The normalized spacial score (nSPS) is 20.1. The molecule has 0 radical (unpaired) electrons. The van der Waals surface area contributed by atoms with Crippen LogP contribution in [0.5, 0.6) is 0 Å². The van der Waals surface area contributed by atoms with E-state index in [2.05, 4.69) is 22.2 Å². The zero-order valence-corrected chi connectivity index (χ0v) is 33.0. The number of benzene rings is 2. The Morgan fingerprint density at radius 3 is 1.68 bits per heavy atom. The van der Waals surface area contributed by atoms with Gasteiger partial charge in [0.15, 0.2) is 18.6 Å². The van der Waals surface area contributed by atoms with Crippen molar-refractivity contribution in [2.75, 3.05) is 67.1 Å². The summed E-state index contributed by atoms with van der Waals surface area (Å²) < 4.78 is 1.84. The summed E-state index contributed by atoms with van der Waals surface area (Å²) in [6.45, 7) is 7.04.